The molecule has 22 heavy (non-hydrogen) atoms. The van der Waals surface area contributed by atoms with Gasteiger partial charge in [-0.05, 0) is 68.7 Å². The zero-order valence-electron chi connectivity index (χ0n) is 14.4. The van der Waals surface area contributed by atoms with E-state index in [0.29, 0.717) is 0 Å². The van der Waals surface area contributed by atoms with Gasteiger partial charge in [0.1, 0.15) is 6.29 Å². The fourth-order valence-corrected chi connectivity index (χ4v) is 3.06. The van der Waals surface area contributed by atoms with Crippen molar-refractivity contribution in [3.8, 4) is 0 Å². The predicted octanol–water partition coefficient (Wildman–Crippen LogP) is 6.44. The average molecular weight is 363 g/mol. The minimum Gasteiger partial charge on any atom is -0.299 e. The normalized spacial score (nSPS) is 20.7. The Hall–Kier alpha value is -1.15. The number of hydrogen-bond donors (Lipinski definition) is 0. The second-order valence-corrected chi connectivity index (χ2v) is 7.53. The van der Waals surface area contributed by atoms with E-state index in [0.717, 1.165) is 16.3 Å². The van der Waals surface area contributed by atoms with Gasteiger partial charge in [0, 0.05) is 4.48 Å². The van der Waals surface area contributed by atoms with Gasteiger partial charge in [0.2, 0.25) is 0 Å². The molecule has 0 fully saturated rings. The minimum absolute atomic E-state index is 0.277. The lowest BCUT2D eigenvalue weighted by molar-refractivity contribution is -0.104. The number of halogens is 1. The Morgan fingerprint density at radius 2 is 1.86 bits per heavy atom. The number of allylic oxidation sites excluding steroid dienone is 10. The average Bonchev–Trinajstić information content (AvgIpc) is 2.43. The zero-order chi connectivity index (χ0) is 16.8. The number of carbonyl (C=O) groups is 1. The van der Waals surface area contributed by atoms with E-state index in [-0.39, 0.29) is 5.41 Å². The summed E-state index contributed by atoms with van der Waals surface area (Å²) in [6.07, 6.45) is 14.6. The first kappa shape index (κ1) is 18.9. The van der Waals surface area contributed by atoms with Crippen LogP contribution >= 0.6 is 15.9 Å². The molecule has 0 aromatic rings. The molecule has 0 aliphatic heterocycles. The molecule has 0 atom stereocenters. The Morgan fingerprint density at radius 3 is 2.45 bits per heavy atom. The van der Waals surface area contributed by atoms with Crippen LogP contribution < -0.4 is 0 Å². The summed E-state index contributed by atoms with van der Waals surface area (Å²) < 4.78 is 0.931. The summed E-state index contributed by atoms with van der Waals surface area (Å²) in [6, 6.07) is 0. The maximum atomic E-state index is 10.5. The van der Waals surface area contributed by atoms with Crippen molar-refractivity contribution in [2.75, 3.05) is 0 Å². The molecule has 0 amide bonds. The van der Waals surface area contributed by atoms with Gasteiger partial charge in [-0.25, -0.2) is 0 Å². The first-order valence-electron chi connectivity index (χ1n) is 7.83. The van der Waals surface area contributed by atoms with Gasteiger partial charge < -0.3 is 0 Å². The van der Waals surface area contributed by atoms with Gasteiger partial charge in [0.05, 0.1) is 0 Å². The third kappa shape index (κ3) is 5.57. The highest BCUT2D eigenvalue weighted by Crippen LogP contribution is 2.40. The maximum Gasteiger partial charge on any atom is 0.143 e. The molecule has 0 radical (unpaired) electrons. The van der Waals surface area contributed by atoms with Crippen molar-refractivity contribution in [1.29, 1.82) is 0 Å². The second-order valence-electron chi connectivity index (χ2n) is 6.68. The summed E-state index contributed by atoms with van der Waals surface area (Å²) in [7, 11) is 0. The summed E-state index contributed by atoms with van der Waals surface area (Å²) in [4.78, 5) is 10.5. The molecule has 1 aliphatic carbocycles. The van der Waals surface area contributed by atoms with Crippen LogP contribution in [0.5, 0.6) is 0 Å². The second kappa shape index (κ2) is 8.47. The van der Waals surface area contributed by atoms with E-state index in [1.807, 2.05) is 13.0 Å². The first-order valence-corrected chi connectivity index (χ1v) is 8.62. The molecule has 0 saturated carbocycles. The molecule has 1 rings (SSSR count). The molecule has 1 nitrogen and oxygen atoms in total. The summed E-state index contributed by atoms with van der Waals surface area (Å²) in [5.41, 5.74) is 5.39. The van der Waals surface area contributed by atoms with Crippen LogP contribution in [0.3, 0.4) is 0 Å². The van der Waals surface area contributed by atoms with Gasteiger partial charge in [-0.1, -0.05) is 59.2 Å². The van der Waals surface area contributed by atoms with Crippen LogP contribution in [-0.2, 0) is 4.79 Å². The van der Waals surface area contributed by atoms with Gasteiger partial charge in [-0.2, -0.15) is 0 Å². The highest BCUT2D eigenvalue weighted by Gasteiger charge is 2.26. The van der Waals surface area contributed by atoms with Crippen LogP contribution in [0.4, 0.5) is 0 Å². The summed E-state index contributed by atoms with van der Waals surface area (Å²) in [5, 5.41) is 0. The molecule has 0 aromatic carbocycles. The molecule has 120 valence electrons. The Balaban J connectivity index is 2.90. The van der Waals surface area contributed by atoms with E-state index in [1.165, 1.54) is 36.0 Å². The SMILES string of the molecule is CC1=C(/C=C/C(C)=C/C=C(Br)\C(C)=C\C=O)C(C)(C)CCC1. The number of rotatable bonds is 5. The molecule has 2 heteroatoms. The highest BCUT2D eigenvalue weighted by molar-refractivity contribution is 9.12. The fraction of sp³-hybridized carbons (Fsp3) is 0.450. The van der Waals surface area contributed by atoms with Crippen molar-refractivity contribution in [1.82, 2.24) is 0 Å². The van der Waals surface area contributed by atoms with E-state index in [2.05, 4.69) is 61.9 Å². The number of hydrogen-bond acceptors (Lipinski definition) is 1. The van der Waals surface area contributed by atoms with E-state index in [4.69, 9.17) is 0 Å². The number of carbonyl (C=O) groups excluding carboxylic acids is 1. The van der Waals surface area contributed by atoms with E-state index in [1.54, 1.807) is 6.08 Å². The van der Waals surface area contributed by atoms with Crippen molar-refractivity contribution >= 4 is 22.2 Å². The van der Waals surface area contributed by atoms with Gasteiger partial charge in [0.15, 0.2) is 0 Å². The largest absolute Gasteiger partial charge is 0.299 e. The molecule has 0 unspecified atom stereocenters. The summed E-state index contributed by atoms with van der Waals surface area (Å²) in [5.74, 6) is 0. The standard InChI is InChI=1S/C20H27BrO/c1-15(9-11-19(21)17(3)12-14-22)8-10-18-16(2)7-6-13-20(18,4)5/h8-12,14H,6-7,13H2,1-5H3/b10-8+,15-9+,17-12+,19-11+. The smallest absolute Gasteiger partial charge is 0.143 e. The molecule has 0 heterocycles. The van der Waals surface area contributed by atoms with Crippen LogP contribution in [-0.4, -0.2) is 6.29 Å². The quantitative estimate of drug-likeness (QED) is 0.312. The molecule has 0 spiro atoms. The zero-order valence-corrected chi connectivity index (χ0v) is 16.0. The lowest BCUT2D eigenvalue weighted by Crippen LogP contribution is -2.19. The maximum absolute atomic E-state index is 10.5. The Labute approximate surface area is 143 Å². The molecule has 0 saturated heterocycles. The molecular weight excluding hydrogens is 336 g/mol. The van der Waals surface area contributed by atoms with E-state index in [9.17, 15) is 4.79 Å². The van der Waals surface area contributed by atoms with Crippen LogP contribution in [0.15, 0.2) is 57.2 Å². The fourth-order valence-electron chi connectivity index (χ4n) is 2.80. The Bertz CT molecular complexity index is 569. The molecular formula is C20H27BrO. The number of aldehydes is 1. The molecule has 0 N–H and O–H groups in total. The topological polar surface area (TPSA) is 17.1 Å². The van der Waals surface area contributed by atoms with Gasteiger partial charge in [-0.15, -0.1) is 0 Å². The highest BCUT2D eigenvalue weighted by atomic mass is 79.9. The lowest BCUT2D eigenvalue weighted by atomic mass is 9.72. The summed E-state index contributed by atoms with van der Waals surface area (Å²) in [6.45, 7) is 10.9. The van der Waals surface area contributed by atoms with Crippen molar-refractivity contribution in [2.45, 2.75) is 53.9 Å². The molecule has 1 aliphatic rings. The third-order valence-electron chi connectivity index (χ3n) is 4.24. The van der Waals surface area contributed by atoms with Crippen LogP contribution in [0, 0.1) is 5.41 Å². The molecule has 0 bridgehead atoms. The predicted molar refractivity (Wildman–Crippen MR) is 100 cm³/mol. The van der Waals surface area contributed by atoms with Crippen LogP contribution in [0.1, 0.15) is 53.9 Å². The van der Waals surface area contributed by atoms with E-state index >= 15 is 0 Å². The van der Waals surface area contributed by atoms with Crippen molar-refractivity contribution < 1.29 is 4.79 Å². The summed E-state index contributed by atoms with van der Waals surface area (Å²) >= 11 is 3.48. The monoisotopic (exact) mass is 362 g/mol. The third-order valence-corrected chi connectivity index (χ3v) is 5.13. The first-order chi connectivity index (χ1) is 10.3. The van der Waals surface area contributed by atoms with Crippen molar-refractivity contribution in [3.63, 3.8) is 0 Å². The van der Waals surface area contributed by atoms with Crippen LogP contribution in [0.25, 0.3) is 0 Å². The minimum atomic E-state index is 0.277. The van der Waals surface area contributed by atoms with Crippen molar-refractivity contribution in [3.05, 3.63) is 57.2 Å². The lowest BCUT2D eigenvalue weighted by Gasteiger charge is -2.32. The molecule has 0 aromatic heterocycles. The van der Waals surface area contributed by atoms with Gasteiger partial charge in [-0.3, -0.25) is 4.79 Å². The Kier molecular flexibility index (Phi) is 7.28. The van der Waals surface area contributed by atoms with E-state index < -0.39 is 0 Å². The Morgan fingerprint density at radius 1 is 1.18 bits per heavy atom. The van der Waals surface area contributed by atoms with Crippen molar-refractivity contribution in [2.24, 2.45) is 5.41 Å². The van der Waals surface area contributed by atoms with Gasteiger partial charge >= 0.3 is 0 Å². The van der Waals surface area contributed by atoms with Gasteiger partial charge in [0.25, 0.3) is 0 Å². The van der Waals surface area contributed by atoms with Crippen LogP contribution in [0.2, 0.25) is 0 Å².